The summed E-state index contributed by atoms with van der Waals surface area (Å²) in [6, 6.07) is 7.15. The molecule has 1 aromatic heterocycles. The third kappa shape index (κ3) is 5.64. The maximum atomic E-state index is 12.8. The van der Waals surface area contributed by atoms with E-state index in [1.54, 1.807) is 17.0 Å². The number of aliphatic carboxylic acids is 1. The number of amidine groups is 1. The van der Waals surface area contributed by atoms with Crippen LogP contribution in [0.3, 0.4) is 0 Å². The predicted octanol–water partition coefficient (Wildman–Crippen LogP) is 3.71. The van der Waals surface area contributed by atoms with Crippen molar-refractivity contribution in [1.29, 1.82) is 0 Å². The zero-order valence-corrected chi connectivity index (χ0v) is 17.6. The third-order valence-electron chi connectivity index (χ3n) is 3.80. The minimum absolute atomic E-state index is 0.0551. The summed E-state index contributed by atoms with van der Waals surface area (Å²) in [5.41, 5.74) is 0.843. The number of carbonyl (C=O) groups excluding carboxylic acids is 1. The van der Waals surface area contributed by atoms with Gasteiger partial charge in [0.25, 0.3) is 5.91 Å². The van der Waals surface area contributed by atoms with Gasteiger partial charge >= 0.3 is 5.97 Å². The van der Waals surface area contributed by atoms with Crippen LogP contribution in [0.25, 0.3) is 6.08 Å². The summed E-state index contributed by atoms with van der Waals surface area (Å²) in [7, 11) is 0. The lowest BCUT2D eigenvalue weighted by atomic mass is 10.2. The zero-order valence-electron chi connectivity index (χ0n) is 16.0. The number of benzene rings is 1. The van der Waals surface area contributed by atoms with Gasteiger partial charge in [-0.2, -0.15) is 4.99 Å². The monoisotopic (exact) mass is 432 g/mol. The number of nitrogens with zero attached hydrogens (tertiary/aromatic N) is 4. The summed E-state index contributed by atoms with van der Waals surface area (Å²) < 4.78 is 5.38. The van der Waals surface area contributed by atoms with E-state index in [1.807, 2.05) is 32.1 Å². The number of hydrogen-bond acceptors (Lipinski definition) is 8. The van der Waals surface area contributed by atoms with Gasteiger partial charge < -0.3 is 9.84 Å². The average molecular weight is 433 g/mol. The van der Waals surface area contributed by atoms with E-state index in [1.165, 1.54) is 23.1 Å². The van der Waals surface area contributed by atoms with Crippen molar-refractivity contribution in [3.8, 4) is 5.75 Å². The van der Waals surface area contributed by atoms with Crippen molar-refractivity contribution >= 4 is 51.4 Å². The Labute approximate surface area is 176 Å². The number of ether oxygens (including phenoxy) is 1. The number of hydrogen-bond donors (Lipinski definition) is 1. The van der Waals surface area contributed by atoms with E-state index >= 15 is 0 Å². The third-order valence-corrected chi connectivity index (χ3v) is 5.54. The Bertz CT molecular complexity index is 953. The van der Waals surface area contributed by atoms with Gasteiger partial charge in [0, 0.05) is 6.54 Å². The quantitative estimate of drug-likeness (QED) is 0.634. The van der Waals surface area contributed by atoms with Gasteiger partial charge in [-0.05, 0) is 48.9 Å². The molecule has 10 heteroatoms. The first-order valence-electron chi connectivity index (χ1n) is 9.01. The number of aryl methyl sites for hydroxylation is 1. The second kappa shape index (κ2) is 9.66. The highest BCUT2D eigenvalue weighted by Gasteiger charge is 2.33. The topological polar surface area (TPSA) is 105 Å². The number of carboxylic acids is 1. The number of carbonyl (C=O) groups is 2. The molecular weight excluding hydrogens is 412 g/mol. The van der Waals surface area contributed by atoms with E-state index in [-0.39, 0.29) is 18.9 Å². The second-order valence-corrected chi connectivity index (χ2v) is 8.30. The fourth-order valence-electron chi connectivity index (χ4n) is 2.49. The molecule has 0 spiro atoms. The van der Waals surface area contributed by atoms with E-state index in [4.69, 9.17) is 9.84 Å². The fraction of sp³-hybridized carbons (Fsp3) is 0.316. The molecule has 0 unspecified atom stereocenters. The first kappa shape index (κ1) is 21.0. The van der Waals surface area contributed by atoms with Gasteiger partial charge in [-0.3, -0.25) is 14.5 Å². The molecule has 2 aromatic rings. The molecule has 1 amide bonds. The van der Waals surface area contributed by atoms with Crippen molar-refractivity contribution in [3.63, 3.8) is 0 Å². The lowest BCUT2D eigenvalue weighted by Gasteiger charge is -2.13. The second-order valence-electron chi connectivity index (χ2n) is 6.13. The van der Waals surface area contributed by atoms with Crippen LogP contribution in [0.5, 0.6) is 5.75 Å². The van der Waals surface area contributed by atoms with Crippen molar-refractivity contribution in [1.82, 2.24) is 15.1 Å². The van der Waals surface area contributed by atoms with E-state index in [0.717, 1.165) is 17.0 Å². The van der Waals surface area contributed by atoms with Crippen molar-refractivity contribution < 1.29 is 19.4 Å². The molecule has 0 radical (unpaired) electrons. The van der Waals surface area contributed by atoms with Crippen LogP contribution in [-0.2, 0) is 9.59 Å². The van der Waals surface area contributed by atoms with E-state index in [9.17, 15) is 9.59 Å². The Balaban J connectivity index is 1.75. The summed E-state index contributed by atoms with van der Waals surface area (Å²) in [5, 5.41) is 18.6. The summed E-state index contributed by atoms with van der Waals surface area (Å²) in [4.78, 5) is 30.1. The molecule has 0 aliphatic carbocycles. The summed E-state index contributed by atoms with van der Waals surface area (Å²) >= 11 is 2.70. The van der Waals surface area contributed by atoms with Crippen LogP contribution in [0.2, 0.25) is 0 Å². The van der Waals surface area contributed by atoms with Crippen LogP contribution in [0.15, 0.2) is 34.2 Å². The van der Waals surface area contributed by atoms with Gasteiger partial charge in [0.15, 0.2) is 5.17 Å². The van der Waals surface area contributed by atoms with Crippen LogP contribution in [0, 0.1) is 6.92 Å². The standard InChI is InChI=1S/C19H20N4O4S2/c1-3-9-23-17(26)15(29-19(23)20-18-22-21-12(2)28-18)11-13-4-6-14(7-5-13)27-10-8-16(24)25/h4-7,11H,3,8-10H2,1-2H3,(H,24,25)/b15-11+,20-19+. The Morgan fingerprint density at radius 2 is 2.07 bits per heavy atom. The van der Waals surface area contributed by atoms with E-state index in [0.29, 0.717) is 27.5 Å². The van der Waals surface area contributed by atoms with Crippen LogP contribution >= 0.6 is 23.1 Å². The SMILES string of the molecule is CCCN1C(=O)/C(=C\c2ccc(OCCC(=O)O)cc2)S/C1=N/c1nnc(C)s1. The smallest absolute Gasteiger partial charge is 0.306 e. The van der Waals surface area contributed by atoms with Crippen molar-refractivity contribution in [2.75, 3.05) is 13.2 Å². The number of thioether (sulfide) groups is 1. The highest BCUT2D eigenvalue weighted by Crippen LogP contribution is 2.35. The van der Waals surface area contributed by atoms with Gasteiger partial charge in [0.2, 0.25) is 5.13 Å². The van der Waals surface area contributed by atoms with Gasteiger partial charge in [0.05, 0.1) is 17.9 Å². The Morgan fingerprint density at radius 1 is 1.31 bits per heavy atom. The molecule has 3 rings (SSSR count). The normalized spacial score (nSPS) is 16.8. The molecule has 1 fully saturated rings. The lowest BCUT2D eigenvalue weighted by Crippen LogP contribution is -2.29. The largest absolute Gasteiger partial charge is 0.493 e. The highest BCUT2D eigenvalue weighted by molar-refractivity contribution is 8.18. The Morgan fingerprint density at radius 3 is 2.69 bits per heavy atom. The molecule has 0 bridgehead atoms. The molecule has 8 nitrogen and oxygen atoms in total. The zero-order chi connectivity index (χ0) is 20.8. The molecular formula is C19H20N4O4S2. The highest BCUT2D eigenvalue weighted by atomic mass is 32.2. The summed E-state index contributed by atoms with van der Waals surface area (Å²) in [6.07, 6.45) is 2.57. The van der Waals surface area contributed by atoms with Crippen molar-refractivity contribution in [3.05, 3.63) is 39.7 Å². The predicted molar refractivity (Wildman–Crippen MR) is 114 cm³/mol. The van der Waals surface area contributed by atoms with Crippen molar-refractivity contribution in [2.24, 2.45) is 4.99 Å². The molecule has 152 valence electrons. The molecule has 1 aromatic carbocycles. The first-order chi connectivity index (χ1) is 14.0. The maximum Gasteiger partial charge on any atom is 0.306 e. The minimum atomic E-state index is -0.902. The number of aromatic nitrogens is 2. The average Bonchev–Trinajstić information content (AvgIpc) is 3.21. The van der Waals surface area contributed by atoms with Gasteiger partial charge in [-0.25, -0.2) is 0 Å². The van der Waals surface area contributed by atoms with E-state index < -0.39 is 5.97 Å². The molecule has 0 saturated carbocycles. The van der Waals surface area contributed by atoms with Crippen LogP contribution in [-0.4, -0.2) is 50.4 Å². The summed E-state index contributed by atoms with van der Waals surface area (Å²) in [6.45, 7) is 4.56. The van der Waals surface area contributed by atoms with Crippen LogP contribution < -0.4 is 4.74 Å². The molecule has 1 saturated heterocycles. The molecule has 2 heterocycles. The Kier molecular flexibility index (Phi) is 6.99. The number of rotatable bonds is 8. The van der Waals surface area contributed by atoms with Crippen molar-refractivity contribution in [2.45, 2.75) is 26.7 Å². The molecule has 29 heavy (non-hydrogen) atoms. The lowest BCUT2D eigenvalue weighted by molar-refractivity contribution is -0.137. The summed E-state index contributed by atoms with van der Waals surface area (Å²) in [5.74, 6) is -0.403. The number of aliphatic imine (C=N–C) groups is 1. The van der Waals surface area contributed by atoms with Gasteiger partial charge in [-0.15, -0.1) is 10.2 Å². The number of amides is 1. The fourth-order valence-corrected chi connectivity index (χ4v) is 4.12. The Hall–Kier alpha value is -2.72. The maximum absolute atomic E-state index is 12.8. The van der Waals surface area contributed by atoms with E-state index in [2.05, 4.69) is 15.2 Å². The number of carboxylic acid groups (broad SMARTS) is 1. The van der Waals surface area contributed by atoms with Gasteiger partial charge in [0.1, 0.15) is 10.8 Å². The first-order valence-corrected chi connectivity index (χ1v) is 10.6. The molecule has 0 atom stereocenters. The molecule has 1 aliphatic heterocycles. The van der Waals surface area contributed by atoms with Crippen LogP contribution in [0.4, 0.5) is 5.13 Å². The van der Waals surface area contributed by atoms with Crippen LogP contribution in [0.1, 0.15) is 30.3 Å². The molecule has 1 aliphatic rings. The van der Waals surface area contributed by atoms with Gasteiger partial charge in [-0.1, -0.05) is 30.4 Å². The molecule has 1 N–H and O–H groups in total. The minimum Gasteiger partial charge on any atom is -0.493 e.